The molecule has 0 bridgehead atoms. The van der Waals surface area contributed by atoms with E-state index in [-0.39, 0.29) is 5.54 Å². The molecule has 0 unspecified atom stereocenters. The van der Waals surface area contributed by atoms with Crippen molar-refractivity contribution in [3.05, 3.63) is 42.6 Å². The predicted molar refractivity (Wildman–Crippen MR) is 76.5 cm³/mol. The summed E-state index contributed by atoms with van der Waals surface area (Å²) in [4.78, 5) is 0. The highest BCUT2D eigenvalue weighted by molar-refractivity contribution is 5.81. The van der Waals surface area contributed by atoms with E-state index in [1.165, 1.54) is 10.9 Å². The second-order valence-electron chi connectivity index (χ2n) is 5.54. The van der Waals surface area contributed by atoms with E-state index < -0.39 is 0 Å². The highest BCUT2D eigenvalue weighted by atomic mass is 15.3. The minimum Gasteiger partial charge on any atom is -0.306 e. The maximum atomic E-state index is 4.67. The van der Waals surface area contributed by atoms with Crippen LogP contribution in [0.15, 0.2) is 36.9 Å². The van der Waals surface area contributed by atoms with Gasteiger partial charge in [-0.3, -0.25) is 4.68 Å². The zero-order valence-corrected chi connectivity index (χ0v) is 11.4. The van der Waals surface area contributed by atoms with Crippen LogP contribution in [0.2, 0.25) is 0 Å². The van der Waals surface area contributed by atoms with Gasteiger partial charge < -0.3 is 5.32 Å². The molecule has 0 spiro atoms. The first kappa shape index (κ1) is 12.8. The lowest BCUT2D eigenvalue weighted by Crippen LogP contribution is -2.35. The van der Waals surface area contributed by atoms with E-state index in [1.807, 2.05) is 16.8 Å². The van der Waals surface area contributed by atoms with Crippen molar-refractivity contribution in [1.29, 1.82) is 0 Å². The van der Waals surface area contributed by atoms with Crippen LogP contribution < -0.4 is 5.32 Å². The highest BCUT2D eigenvalue weighted by Crippen LogP contribution is 2.19. The molecular formula is C15H21N3. The van der Waals surface area contributed by atoms with Crippen LogP contribution in [0.1, 0.15) is 26.5 Å². The lowest BCUT2D eigenvalue weighted by Gasteiger charge is -2.19. The topological polar surface area (TPSA) is 29.9 Å². The molecule has 0 aliphatic heterocycles. The Morgan fingerprint density at radius 2 is 2.06 bits per heavy atom. The normalized spacial score (nSPS) is 11.9. The van der Waals surface area contributed by atoms with E-state index in [0.717, 1.165) is 18.8 Å². The maximum absolute atomic E-state index is 4.67. The van der Waals surface area contributed by atoms with E-state index in [4.69, 9.17) is 0 Å². The van der Waals surface area contributed by atoms with Gasteiger partial charge in [-0.05, 0) is 26.8 Å². The number of hydrogen-bond donors (Lipinski definition) is 1. The Hall–Kier alpha value is -1.61. The smallest absolute Gasteiger partial charge is 0.0841 e. The fourth-order valence-electron chi connectivity index (χ4n) is 1.94. The Balaban J connectivity index is 2.35. The van der Waals surface area contributed by atoms with Crippen molar-refractivity contribution in [2.24, 2.45) is 0 Å². The van der Waals surface area contributed by atoms with Gasteiger partial charge in [-0.2, -0.15) is 5.10 Å². The molecule has 1 heterocycles. The largest absolute Gasteiger partial charge is 0.306 e. The molecule has 3 nitrogen and oxygen atoms in total. The van der Waals surface area contributed by atoms with Gasteiger partial charge in [0.15, 0.2) is 0 Å². The maximum Gasteiger partial charge on any atom is 0.0841 e. The van der Waals surface area contributed by atoms with Gasteiger partial charge in [0, 0.05) is 17.5 Å². The molecule has 0 radical (unpaired) electrons. The van der Waals surface area contributed by atoms with E-state index in [0.29, 0.717) is 0 Å². The summed E-state index contributed by atoms with van der Waals surface area (Å²) in [5.41, 5.74) is 2.37. The van der Waals surface area contributed by atoms with Crippen molar-refractivity contribution in [2.45, 2.75) is 39.4 Å². The highest BCUT2D eigenvalue weighted by Gasteiger charge is 2.13. The van der Waals surface area contributed by atoms with Crippen LogP contribution in [-0.2, 0) is 13.1 Å². The molecule has 1 aromatic carbocycles. The van der Waals surface area contributed by atoms with E-state index in [9.17, 15) is 0 Å². The van der Waals surface area contributed by atoms with Crippen molar-refractivity contribution >= 4 is 10.9 Å². The van der Waals surface area contributed by atoms with Crippen molar-refractivity contribution in [3.8, 4) is 0 Å². The fourth-order valence-corrected chi connectivity index (χ4v) is 1.94. The molecular weight excluding hydrogens is 222 g/mol. The Morgan fingerprint density at radius 3 is 2.72 bits per heavy atom. The molecule has 0 saturated carbocycles. The SMILES string of the molecule is C=CCn1nc(CNC(C)(C)C)c2ccccc21. The average molecular weight is 243 g/mol. The minimum atomic E-state index is 0.101. The first-order valence-corrected chi connectivity index (χ1v) is 6.31. The van der Waals surface area contributed by atoms with Gasteiger partial charge in [0.1, 0.15) is 0 Å². The molecule has 0 atom stereocenters. The summed E-state index contributed by atoms with van der Waals surface area (Å²) in [5, 5.41) is 9.37. The Labute approximate surface area is 109 Å². The van der Waals surface area contributed by atoms with Crippen LogP contribution in [0, 0.1) is 0 Å². The summed E-state index contributed by atoms with van der Waals surface area (Å²) in [6.45, 7) is 11.8. The summed E-state index contributed by atoms with van der Waals surface area (Å²) in [6.07, 6.45) is 1.88. The number of nitrogens with zero attached hydrogens (tertiary/aromatic N) is 2. The number of aromatic nitrogens is 2. The monoisotopic (exact) mass is 243 g/mol. The first-order valence-electron chi connectivity index (χ1n) is 6.31. The third kappa shape index (κ3) is 2.79. The molecule has 3 heteroatoms. The molecule has 96 valence electrons. The van der Waals surface area contributed by atoms with Crippen molar-refractivity contribution in [3.63, 3.8) is 0 Å². The quantitative estimate of drug-likeness (QED) is 0.836. The number of hydrogen-bond acceptors (Lipinski definition) is 2. The zero-order valence-electron chi connectivity index (χ0n) is 11.4. The van der Waals surface area contributed by atoms with Crippen molar-refractivity contribution in [1.82, 2.24) is 15.1 Å². The number of nitrogens with one attached hydrogen (secondary N) is 1. The molecule has 1 N–H and O–H groups in total. The van der Waals surface area contributed by atoms with Crippen molar-refractivity contribution in [2.75, 3.05) is 0 Å². The van der Waals surface area contributed by atoms with Crippen LogP contribution >= 0.6 is 0 Å². The minimum absolute atomic E-state index is 0.101. The van der Waals surface area contributed by atoms with E-state index >= 15 is 0 Å². The summed E-state index contributed by atoms with van der Waals surface area (Å²) in [6, 6.07) is 8.33. The number of fused-ring (bicyclic) bond motifs is 1. The molecule has 2 rings (SSSR count). The third-order valence-corrected chi connectivity index (χ3v) is 2.82. The van der Waals surface area contributed by atoms with Crippen molar-refractivity contribution < 1.29 is 0 Å². The zero-order chi connectivity index (χ0) is 13.2. The Bertz CT molecular complexity index is 546. The number of allylic oxidation sites excluding steroid dienone is 1. The molecule has 0 fully saturated rings. The van der Waals surface area contributed by atoms with E-state index in [2.05, 4.69) is 56.0 Å². The molecule has 2 aromatic rings. The molecule has 0 saturated heterocycles. The second-order valence-corrected chi connectivity index (χ2v) is 5.54. The molecule has 0 aliphatic rings. The van der Waals surface area contributed by atoms with Gasteiger partial charge in [-0.1, -0.05) is 24.3 Å². The first-order chi connectivity index (χ1) is 8.51. The van der Waals surface area contributed by atoms with E-state index in [1.54, 1.807) is 0 Å². The summed E-state index contributed by atoms with van der Waals surface area (Å²) in [7, 11) is 0. The summed E-state index contributed by atoms with van der Waals surface area (Å²) < 4.78 is 2.00. The molecule has 1 aromatic heterocycles. The molecule has 0 aliphatic carbocycles. The van der Waals surface area contributed by atoms with Gasteiger partial charge in [-0.25, -0.2) is 0 Å². The number of rotatable bonds is 4. The van der Waals surface area contributed by atoms with Crippen LogP contribution in [0.5, 0.6) is 0 Å². The van der Waals surface area contributed by atoms with Gasteiger partial charge in [0.05, 0.1) is 17.8 Å². The standard InChI is InChI=1S/C15H21N3/c1-5-10-18-14-9-7-6-8-12(14)13(17-18)11-16-15(2,3)4/h5-9,16H,1,10-11H2,2-4H3. The molecule has 0 amide bonds. The number of benzene rings is 1. The third-order valence-electron chi connectivity index (χ3n) is 2.82. The van der Waals surface area contributed by atoms with Gasteiger partial charge in [0.2, 0.25) is 0 Å². The summed E-state index contributed by atoms with van der Waals surface area (Å²) >= 11 is 0. The van der Waals surface area contributed by atoms with Crippen LogP contribution in [-0.4, -0.2) is 15.3 Å². The Morgan fingerprint density at radius 1 is 1.33 bits per heavy atom. The fraction of sp³-hybridized carbons (Fsp3) is 0.400. The predicted octanol–water partition coefficient (Wildman–Crippen LogP) is 3.11. The van der Waals surface area contributed by atoms with Crippen LogP contribution in [0.4, 0.5) is 0 Å². The van der Waals surface area contributed by atoms with Gasteiger partial charge in [0.25, 0.3) is 0 Å². The Kier molecular flexibility index (Phi) is 3.53. The summed E-state index contributed by atoms with van der Waals surface area (Å²) in [5.74, 6) is 0. The second kappa shape index (κ2) is 4.94. The lowest BCUT2D eigenvalue weighted by atomic mass is 10.1. The van der Waals surface area contributed by atoms with Gasteiger partial charge >= 0.3 is 0 Å². The average Bonchev–Trinajstić information content (AvgIpc) is 2.65. The van der Waals surface area contributed by atoms with Gasteiger partial charge in [-0.15, -0.1) is 6.58 Å². The van der Waals surface area contributed by atoms with Crippen LogP contribution in [0.3, 0.4) is 0 Å². The van der Waals surface area contributed by atoms with Crippen LogP contribution in [0.25, 0.3) is 10.9 Å². The number of para-hydroxylation sites is 1. The molecule has 18 heavy (non-hydrogen) atoms. The lowest BCUT2D eigenvalue weighted by molar-refractivity contribution is 0.420.